The Kier molecular flexibility index (Phi) is 5.01. The third-order valence-corrected chi connectivity index (χ3v) is 3.85. The van der Waals surface area contributed by atoms with Crippen LogP contribution in [0.25, 0.3) is 0 Å². The smallest absolute Gasteiger partial charge is 0.317 e. The van der Waals surface area contributed by atoms with E-state index in [4.69, 9.17) is 9.84 Å². The Morgan fingerprint density at radius 1 is 1.05 bits per heavy atom. The van der Waals surface area contributed by atoms with E-state index >= 15 is 0 Å². The van der Waals surface area contributed by atoms with E-state index in [1.165, 1.54) is 6.42 Å². The number of carbonyl (C=O) groups is 2. The van der Waals surface area contributed by atoms with E-state index in [-0.39, 0.29) is 19.2 Å². The summed E-state index contributed by atoms with van der Waals surface area (Å²) < 4.78 is 5.15. The molecular formula is C13H22N2O4. The summed E-state index contributed by atoms with van der Waals surface area (Å²) in [4.78, 5) is 25.0. The third kappa shape index (κ3) is 3.83. The van der Waals surface area contributed by atoms with Gasteiger partial charge < -0.3 is 20.1 Å². The zero-order valence-corrected chi connectivity index (χ0v) is 11.1. The molecule has 0 aliphatic carbocycles. The van der Waals surface area contributed by atoms with Crippen LogP contribution in [0.5, 0.6) is 0 Å². The first-order chi connectivity index (χ1) is 9.18. The summed E-state index contributed by atoms with van der Waals surface area (Å²) in [5, 5.41) is 11.9. The second kappa shape index (κ2) is 6.75. The van der Waals surface area contributed by atoms with Crippen LogP contribution >= 0.6 is 0 Å². The Morgan fingerprint density at radius 3 is 2.32 bits per heavy atom. The minimum atomic E-state index is -0.907. The van der Waals surface area contributed by atoms with Crippen molar-refractivity contribution in [3.05, 3.63) is 0 Å². The first-order valence-electron chi connectivity index (χ1n) is 7.04. The molecule has 6 heteroatoms. The molecule has 2 unspecified atom stereocenters. The van der Waals surface area contributed by atoms with Crippen LogP contribution < -0.4 is 5.32 Å². The van der Waals surface area contributed by atoms with Gasteiger partial charge in [0.1, 0.15) is 5.92 Å². The molecule has 0 aromatic carbocycles. The predicted molar refractivity (Wildman–Crippen MR) is 68.9 cm³/mol. The Hall–Kier alpha value is -1.30. The lowest BCUT2D eigenvalue weighted by atomic mass is 10.0. The molecular weight excluding hydrogens is 248 g/mol. The lowest BCUT2D eigenvalue weighted by molar-refractivity contribution is -0.142. The van der Waals surface area contributed by atoms with Crippen molar-refractivity contribution in [1.29, 1.82) is 0 Å². The molecule has 0 saturated carbocycles. The summed E-state index contributed by atoms with van der Waals surface area (Å²) >= 11 is 0. The van der Waals surface area contributed by atoms with Gasteiger partial charge >= 0.3 is 12.0 Å². The molecule has 0 radical (unpaired) electrons. The van der Waals surface area contributed by atoms with E-state index < -0.39 is 17.9 Å². The van der Waals surface area contributed by atoms with Crippen molar-refractivity contribution >= 4 is 12.0 Å². The maximum Gasteiger partial charge on any atom is 0.317 e. The van der Waals surface area contributed by atoms with E-state index in [0.717, 1.165) is 38.8 Å². The number of nitrogens with zero attached hydrogens (tertiary/aromatic N) is 1. The number of urea groups is 1. The van der Waals surface area contributed by atoms with Gasteiger partial charge in [-0.25, -0.2) is 4.79 Å². The zero-order chi connectivity index (χ0) is 13.7. The number of nitrogens with one attached hydrogen (secondary N) is 1. The van der Waals surface area contributed by atoms with Crippen molar-refractivity contribution in [2.45, 2.75) is 38.1 Å². The van der Waals surface area contributed by atoms with Gasteiger partial charge in [0.15, 0.2) is 0 Å². The molecule has 0 bridgehead atoms. The quantitative estimate of drug-likeness (QED) is 0.786. The van der Waals surface area contributed by atoms with E-state index in [0.29, 0.717) is 0 Å². The van der Waals surface area contributed by atoms with Crippen molar-refractivity contribution < 1.29 is 19.4 Å². The molecule has 2 saturated heterocycles. The van der Waals surface area contributed by atoms with Crippen LogP contribution in [0.1, 0.15) is 32.1 Å². The number of rotatable bonds is 2. The maximum absolute atomic E-state index is 12.2. The van der Waals surface area contributed by atoms with E-state index in [1.54, 1.807) is 4.90 Å². The topological polar surface area (TPSA) is 78.9 Å². The SMILES string of the molecule is O=C(O)C1COCC1NC(=O)N1CCCCCCC1. The summed E-state index contributed by atoms with van der Waals surface area (Å²) in [6.07, 6.45) is 5.61. The summed E-state index contributed by atoms with van der Waals surface area (Å²) in [6.45, 7) is 1.99. The largest absolute Gasteiger partial charge is 0.481 e. The minimum absolute atomic E-state index is 0.149. The molecule has 2 amide bonds. The average Bonchev–Trinajstić information content (AvgIpc) is 2.76. The number of likely N-dealkylation sites (tertiary alicyclic amines) is 1. The zero-order valence-electron chi connectivity index (χ0n) is 11.1. The first kappa shape index (κ1) is 14.1. The van der Waals surface area contributed by atoms with Crippen LogP contribution in [0.2, 0.25) is 0 Å². The highest BCUT2D eigenvalue weighted by Gasteiger charge is 2.35. The van der Waals surface area contributed by atoms with Gasteiger partial charge in [0.25, 0.3) is 0 Å². The van der Waals surface area contributed by atoms with Gasteiger partial charge in [0.2, 0.25) is 0 Å². The normalized spacial score (nSPS) is 28.5. The highest BCUT2D eigenvalue weighted by molar-refractivity contribution is 5.77. The number of hydrogen-bond donors (Lipinski definition) is 2. The Labute approximate surface area is 113 Å². The second-order valence-electron chi connectivity index (χ2n) is 5.29. The van der Waals surface area contributed by atoms with Gasteiger partial charge in [0, 0.05) is 13.1 Å². The van der Waals surface area contributed by atoms with Crippen LogP contribution in [0.15, 0.2) is 0 Å². The first-order valence-corrected chi connectivity index (χ1v) is 7.04. The molecule has 2 N–H and O–H groups in total. The number of carboxylic acid groups (broad SMARTS) is 1. The number of ether oxygens (including phenoxy) is 1. The van der Waals surface area contributed by atoms with Gasteiger partial charge in [-0.2, -0.15) is 0 Å². The molecule has 0 aromatic heterocycles. The predicted octanol–water partition coefficient (Wildman–Crippen LogP) is 1.06. The number of carbonyl (C=O) groups excluding carboxylic acids is 1. The molecule has 108 valence electrons. The fourth-order valence-corrected chi connectivity index (χ4v) is 2.64. The molecule has 2 heterocycles. The summed E-state index contributed by atoms with van der Waals surface area (Å²) in [7, 11) is 0. The summed E-state index contributed by atoms with van der Waals surface area (Å²) in [5.74, 6) is -1.53. The maximum atomic E-state index is 12.2. The molecule has 2 atom stereocenters. The second-order valence-corrected chi connectivity index (χ2v) is 5.29. The van der Waals surface area contributed by atoms with Crippen LogP contribution in [-0.4, -0.2) is 54.4 Å². The fourth-order valence-electron chi connectivity index (χ4n) is 2.64. The van der Waals surface area contributed by atoms with Crippen molar-refractivity contribution in [2.75, 3.05) is 26.3 Å². The lowest BCUT2D eigenvalue weighted by Crippen LogP contribution is -2.49. The summed E-state index contributed by atoms with van der Waals surface area (Å²) in [6, 6.07) is -0.556. The van der Waals surface area contributed by atoms with Gasteiger partial charge in [0.05, 0.1) is 19.3 Å². The molecule has 0 spiro atoms. The van der Waals surface area contributed by atoms with Gasteiger partial charge in [-0.15, -0.1) is 0 Å². The number of carboxylic acids is 1. The van der Waals surface area contributed by atoms with Crippen LogP contribution in [-0.2, 0) is 9.53 Å². The highest BCUT2D eigenvalue weighted by atomic mass is 16.5. The van der Waals surface area contributed by atoms with E-state index in [9.17, 15) is 9.59 Å². The molecule has 6 nitrogen and oxygen atoms in total. The third-order valence-electron chi connectivity index (χ3n) is 3.85. The molecule has 2 aliphatic rings. The van der Waals surface area contributed by atoms with E-state index in [2.05, 4.69) is 5.32 Å². The van der Waals surface area contributed by atoms with Crippen molar-refractivity contribution in [3.63, 3.8) is 0 Å². The minimum Gasteiger partial charge on any atom is -0.481 e. The Morgan fingerprint density at radius 2 is 1.68 bits per heavy atom. The average molecular weight is 270 g/mol. The van der Waals surface area contributed by atoms with Gasteiger partial charge in [-0.05, 0) is 12.8 Å². The number of aliphatic carboxylic acids is 1. The number of hydrogen-bond acceptors (Lipinski definition) is 3. The van der Waals surface area contributed by atoms with Crippen molar-refractivity contribution in [1.82, 2.24) is 10.2 Å². The molecule has 2 fully saturated rings. The summed E-state index contributed by atoms with van der Waals surface area (Å²) in [5.41, 5.74) is 0. The van der Waals surface area contributed by atoms with Crippen LogP contribution in [0.4, 0.5) is 4.79 Å². The monoisotopic (exact) mass is 270 g/mol. The van der Waals surface area contributed by atoms with Crippen molar-refractivity contribution in [2.24, 2.45) is 5.92 Å². The van der Waals surface area contributed by atoms with E-state index in [1.807, 2.05) is 0 Å². The fraction of sp³-hybridized carbons (Fsp3) is 0.846. The molecule has 0 aromatic rings. The molecule has 2 aliphatic heterocycles. The molecule has 19 heavy (non-hydrogen) atoms. The number of amides is 2. The van der Waals surface area contributed by atoms with Gasteiger partial charge in [-0.3, -0.25) is 4.79 Å². The molecule has 2 rings (SSSR count). The Bertz CT molecular complexity index is 327. The van der Waals surface area contributed by atoms with Crippen LogP contribution in [0, 0.1) is 5.92 Å². The van der Waals surface area contributed by atoms with Crippen molar-refractivity contribution in [3.8, 4) is 0 Å². The van der Waals surface area contributed by atoms with Crippen LogP contribution in [0.3, 0.4) is 0 Å². The Balaban J connectivity index is 1.86. The highest BCUT2D eigenvalue weighted by Crippen LogP contribution is 2.15. The lowest BCUT2D eigenvalue weighted by Gasteiger charge is -2.27. The standard InChI is InChI=1S/C13H22N2O4/c16-12(17)10-8-19-9-11(10)14-13(18)15-6-4-2-1-3-5-7-15/h10-11H,1-9H2,(H,14,18)(H,16,17). The van der Waals surface area contributed by atoms with Gasteiger partial charge in [-0.1, -0.05) is 19.3 Å².